The van der Waals surface area contributed by atoms with Crippen molar-refractivity contribution in [3.63, 3.8) is 0 Å². The molecule has 2 heterocycles. The zero-order chi connectivity index (χ0) is 20.4. The molecule has 0 spiro atoms. The van der Waals surface area contributed by atoms with Crippen molar-refractivity contribution in [3.8, 4) is 0 Å². The third kappa shape index (κ3) is 4.09. The Morgan fingerprint density at radius 1 is 1.17 bits per heavy atom. The van der Waals surface area contributed by atoms with E-state index in [2.05, 4.69) is 15.3 Å². The van der Waals surface area contributed by atoms with E-state index in [1.54, 1.807) is 18.3 Å². The second-order valence-electron chi connectivity index (χ2n) is 7.46. The van der Waals surface area contributed by atoms with Gasteiger partial charge in [-0.2, -0.15) is 0 Å². The molecule has 1 saturated carbocycles. The summed E-state index contributed by atoms with van der Waals surface area (Å²) in [5.41, 5.74) is -0.621. The van der Waals surface area contributed by atoms with E-state index >= 15 is 0 Å². The smallest absolute Gasteiger partial charge is 0.271 e. The van der Waals surface area contributed by atoms with Crippen LogP contribution >= 0.6 is 11.6 Å². The molecule has 1 atom stereocenters. The molecule has 2 aromatic heterocycles. The number of carbonyl (C=O) groups excluding carboxylic acids is 1. The fourth-order valence-corrected chi connectivity index (χ4v) is 4.10. The van der Waals surface area contributed by atoms with Crippen LogP contribution in [0.4, 0.5) is 4.39 Å². The molecule has 1 aliphatic rings. The molecule has 1 amide bonds. The lowest BCUT2D eigenvalue weighted by Gasteiger charge is -2.40. The highest BCUT2D eigenvalue weighted by atomic mass is 35.5. The molecule has 2 N–H and O–H groups in total. The van der Waals surface area contributed by atoms with Crippen molar-refractivity contribution in [2.75, 3.05) is 0 Å². The summed E-state index contributed by atoms with van der Waals surface area (Å²) in [5.74, 6) is -0.427. The normalized spacial score (nSPS) is 22.9. The highest BCUT2D eigenvalue weighted by Crippen LogP contribution is 2.39. The van der Waals surface area contributed by atoms with E-state index in [0.29, 0.717) is 16.1 Å². The average Bonchev–Trinajstić information content (AvgIpc) is 2.73. The molecule has 1 aliphatic carbocycles. The van der Waals surface area contributed by atoms with Gasteiger partial charge >= 0.3 is 0 Å². The lowest BCUT2D eigenvalue weighted by atomic mass is 9.77. The number of carbonyl (C=O) groups is 1. The number of halogens is 2. The van der Waals surface area contributed by atoms with Gasteiger partial charge in [0.25, 0.3) is 5.91 Å². The first-order valence-electron chi connectivity index (χ1n) is 9.59. The maximum absolute atomic E-state index is 13.7. The standard InChI is InChI=1S/C22H21ClFN3O2/c23-15-8-12-25-18(13-15)20(22(29)9-5-16(24)6-10-22)27-21(28)19-17-4-2-1-3-14(17)7-11-26-19/h1-4,7-8,11-13,16,20,29H,5-6,9-10H2,(H,27,28)/t16-,20?,22-. The molecular formula is C22H21ClFN3O2. The topological polar surface area (TPSA) is 75.1 Å². The van der Waals surface area contributed by atoms with Crippen LogP contribution in [-0.2, 0) is 0 Å². The molecule has 0 radical (unpaired) electrons. The van der Waals surface area contributed by atoms with Gasteiger partial charge in [0.2, 0.25) is 0 Å². The lowest BCUT2D eigenvalue weighted by Crippen LogP contribution is -2.49. The highest BCUT2D eigenvalue weighted by Gasteiger charge is 2.43. The van der Waals surface area contributed by atoms with Crippen LogP contribution in [0.25, 0.3) is 10.8 Å². The summed E-state index contributed by atoms with van der Waals surface area (Å²) in [4.78, 5) is 21.7. The molecular weight excluding hydrogens is 393 g/mol. The van der Waals surface area contributed by atoms with Gasteiger partial charge < -0.3 is 10.4 Å². The number of rotatable bonds is 4. The van der Waals surface area contributed by atoms with E-state index in [1.807, 2.05) is 30.3 Å². The van der Waals surface area contributed by atoms with Gasteiger partial charge in [-0.05, 0) is 49.3 Å². The SMILES string of the molecule is O=C(NC(c1cc(Cl)ccn1)[C@]1(O)CC[C@H](F)CC1)c1nccc2ccccc12. The van der Waals surface area contributed by atoms with Gasteiger partial charge in [-0.3, -0.25) is 14.8 Å². The van der Waals surface area contributed by atoms with Crippen molar-refractivity contribution in [3.05, 3.63) is 71.3 Å². The zero-order valence-corrected chi connectivity index (χ0v) is 16.4. The minimum Gasteiger partial charge on any atom is -0.387 e. The first kappa shape index (κ1) is 19.7. The Kier molecular flexibility index (Phi) is 5.48. The van der Waals surface area contributed by atoms with E-state index in [0.717, 1.165) is 5.39 Å². The number of nitrogens with one attached hydrogen (secondary N) is 1. The molecule has 1 aromatic carbocycles. The van der Waals surface area contributed by atoms with Crippen LogP contribution in [0.3, 0.4) is 0 Å². The average molecular weight is 414 g/mol. The van der Waals surface area contributed by atoms with Crippen LogP contribution in [0.15, 0.2) is 54.9 Å². The number of amides is 1. The van der Waals surface area contributed by atoms with E-state index in [9.17, 15) is 14.3 Å². The van der Waals surface area contributed by atoms with Gasteiger partial charge in [0, 0.05) is 22.8 Å². The zero-order valence-electron chi connectivity index (χ0n) is 15.7. The predicted molar refractivity (Wildman–Crippen MR) is 110 cm³/mol. The minimum absolute atomic E-state index is 0.219. The number of hydrogen-bond acceptors (Lipinski definition) is 4. The molecule has 3 aromatic rings. The maximum Gasteiger partial charge on any atom is 0.271 e. The van der Waals surface area contributed by atoms with Gasteiger partial charge in [-0.15, -0.1) is 0 Å². The summed E-state index contributed by atoms with van der Waals surface area (Å²) in [5, 5.41) is 16.3. The summed E-state index contributed by atoms with van der Waals surface area (Å²) in [6.45, 7) is 0. The van der Waals surface area contributed by atoms with Crippen LogP contribution in [0.1, 0.15) is 47.9 Å². The second kappa shape index (κ2) is 8.05. The summed E-state index contributed by atoms with van der Waals surface area (Å²) in [6.07, 6.45) is 3.06. The van der Waals surface area contributed by atoms with Crippen LogP contribution in [0.5, 0.6) is 0 Å². The van der Waals surface area contributed by atoms with E-state index < -0.39 is 23.7 Å². The Morgan fingerprint density at radius 2 is 1.90 bits per heavy atom. The number of hydrogen-bond donors (Lipinski definition) is 2. The van der Waals surface area contributed by atoms with Gasteiger partial charge in [0.15, 0.2) is 0 Å². The monoisotopic (exact) mass is 413 g/mol. The van der Waals surface area contributed by atoms with E-state index in [-0.39, 0.29) is 31.4 Å². The Morgan fingerprint density at radius 3 is 2.66 bits per heavy atom. The number of pyridine rings is 2. The predicted octanol–water partition coefficient (Wildman–Crippen LogP) is 4.40. The Labute approximate surface area is 172 Å². The molecule has 150 valence electrons. The number of fused-ring (bicyclic) bond motifs is 1. The van der Waals surface area contributed by atoms with Crippen LogP contribution in [0.2, 0.25) is 5.02 Å². The minimum atomic E-state index is -1.32. The maximum atomic E-state index is 13.7. The van der Waals surface area contributed by atoms with Crippen molar-refractivity contribution >= 4 is 28.3 Å². The van der Waals surface area contributed by atoms with E-state index in [1.165, 1.54) is 6.20 Å². The molecule has 0 bridgehead atoms. The number of aliphatic hydroxyl groups is 1. The van der Waals surface area contributed by atoms with Crippen molar-refractivity contribution in [1.29, 1.82) is 0 Å². The quantitative estimate of drug-likeness (QED) is 0.664. The summed E-state index contributed by atoms with van der Waals surface area (Å²) >= 11 is 6.12. The third-order valence-corrected chi connectivity index (χ3v) is 5.76. The van der Waals surface area contributed by atoms with Gasteiger partial charge in [-0.25, -0.2) is 4.39 Å². The highest BCUT2D eigenvalue weighted by molar-refractivity contribution is 6.30. The van der Waals surface area contributed by atoms with Crippen LogP contribution in [0, 0.1) is 0 Å². The molecule has 0 aliphatic heterocycles. The summed E-state index contributed by atoms with van der Waals surface area (Å²) in [6, 6.07) is 11.7. The first-order valence-corrected chi connectivity index (χ1v) is 9.96. The Bertz CT molecular complexity index is 1030. The Hall–Kier alpha value is -2.57. The van der Waals surface area contributed by atoms with Gasteiger partial charge in [-0.1, -0.05) is 35.9 Å². The third-order valence-electron chi connectivity index (χ3n) is 5.52. The summed E-state index contributed by atoms with van der Waals surface area (Å²) in [7, 11) is 0. The number of nitrogens with zero attached hydrogens (tertiary/aromatic N) is 2. The van der Waals surface area contributed by atoms with Crippen LogP contribution in [-0.4, -0.2) is 32.8 Å². The summed E-state index contributed by atoms with van der Waals surface area (Å²) < 4.78 is 13.7. The first-order chi connectivity index (χ1) is 14.0. The molecule has 4 rings (SSSR count). The lowest BCUT2D eigenvalue weighted by molar-refractivity contribution is -0.0455. The number of aromatic nitrogens is 2. The van der Waals surface area contributed by atoms with Crippen LogP contribution < -0.4 is 5.32 Å². The van der Waals surface area contributed by atoms with Crippen molar-refractivity contribution in [1.82, 2.24) is 15.3 Å². The van der Waals surface area contributed by atoms with Crippen molar-refractivity contribution in [2.45, 2.75) is 43.5 Å². The molecule has 1 unspecified atom stereocenters. The molecule has 1 fully saturated rings. The molecule has 0 saturated heterocycles. The molecule has 5 nitrogen and oxygen atoms in total. The van der Waals surface area contributed by atoms with Crippen molar-refractivity contribution in [2.24, 2.45) is 0 Å². The Balaban J connectivity index is 1.71. The molecule has 29 heavy (non-hydrogen) atoms. The second-order valence-corrected chi connectivity index (χ2v) is 7.90. The van der Waals surface area contributed by atoms with Gasteiger partial charge in [0.05, 0.1) is 11.3 Å². The van der Waals surface area contributed by atoms with E-state index in [4.69, 9.17) is 11.6 Å². The fourth-order valence-electron chi connectivity index (χ4n) is 3.93. The largest absolute Gasteiger partial charge is 0.387 e. The number of benzene rings is 1. The fraction of sp³-hybridized carbons (Fsp3) is 0.318. The van der Waals surface area contributed by atoms with Crippen molar-refractivity contribution < 1.29 is 14.3 Å². The molecule has 7 heteroatoms. The number of alkyl halides is 1. The van der Waals surface area contributed by atoms with Gasteiger partial charge in [0.1, 0.15) is 17.9 Å².